The molecule has 1 heterocycles. The van der Waals surface area contributed by atoms with Crippen LogP contribution in [-0.2, 0) is 14.4 Å². The molecule has 0 fully saturated rings. The van der Waals surface area contributed by atoms with Crippen molar-refractivity contribution >= 4 is 23.7 Å². The summed E-state index contributed by atoms with van der Waals surface area (Å²) in [4.78, 5) is 37.4. The average molecular weight is 424 g/mol. The van der Waals surface area contributed by atoms with Gasteiger partial charge in [0.2, 0.25) is 5.91 Å². The van der Waals surface area contributed by atoms with E-state index in [4.69, 9.17) is 19.7 Å². The number of hydrogen-bond acceptors (Lipinski definition) is 6. The van der Waals surface area contributed by atoms with Crippen LogP contribution in [0.4, 0.5) is 5.82 Å². The number of carboxylic acids is 2. The Balaban J connectivity index is 2.32. The van der Waals surface area contributed by atoms with Crippen LogP contribution < -0.4 is 14.8 Å². The number of carbonyl (C=O) groups is 3. The van der Waals surface area contributed by atoms with Crippen LogP contribution in [0.2, 0.25) is 0 Å². The molecule has 0 atom stereocenters. The number of hydrogen-bond donors (Lipinski definition) is 3. The van der Waals surface area contributed by atoms with E-state index in [9.17, 15) is 14.4 Å². The molecule has 1 rings (SSSR count). The Hall–Kier alpha value is -2.84. The highest BCUT2D eigenvalue weighted by atomic mass is 16.5. The SMILES string of the molecule is COc1cnc(NC(=O)CCCCCCCCCC(=O)O)c(OCCCC(=O)O)c1. The lowest BCUT2D eigenvalue weighted by Gasteiger charge is -2.12. The van der Waals surface area contributed by atoms with Gasteiger partial charge in [-0.05, 0) is 19.3 Å². The van der Waals surface area contributed by atoms with Crippen molar-refractivity contribution in [2.24, 2.45) is 0 Å². The molecule has 1 aromatic rings. The zero-order chi connectivity index (χ0) is 22.2. The number of ether oxygens (including phenoxy) is 2. The number of nitrogens with zero attached hydrogens (tertiary/aromatic N) is 1. The first-order valence-electron chi connectivity index (χ1n) is 10.3. The van der Waals surface area contributed by atoms with Gasteiger partial charge in [0, 0.05) is 25.3 Å². The van der Waals surface area contributed by atoms with E-state index < -0.39 is 11.9 Å². The second-order valence-corrected chi connectivity index (χ2v) is 6.98. The van der Waals surface area contributed by atoms with Crippen molar-refractivity contribution < 1.29 is 34.1 Å². The number of pyridine rings is 1. The molecule has 1 amide bonds. The summed E-state index contributed by atoms with van der Waals surface area (Å²) in [6.45, 7) is 0.191. The maximum Gasteiger partial charge on any atom is 0.303 e. The minimum absolute atomic E-state index is 0.00134. The minimum atomic E-state index is -0.892. The molecule has 0 unspecified atom stereocenters. The number of aromatic nitrogens is 1. The fraction of sp³-hybridized carbons (Fsp3) is 0.619. The number of amides is 1. The molecule has 0 aliphatic heterocycles. The van der Waals surface area contributed by atoms with E-state index in [1.165, 1.54) is 13.3 Å². The number of carboxylic acid groups (broad SMARTS) is 2. The number of nitrogens with one attached hydrogen (secondary N) is 1. The first-order chi connectivity index (χ1) is 14.4. The molecule has 168 valence electrons. The number of aliphatic carboxylic acids is 2. The Kier molecular flexibility index (Phi) is 12.6. The second-order valence-electron chi connectivity index (χ2n) is 6.98. The van der Waals surface area contributed by atoms with E-state index in [1.807, 2.05) is 0 Å². The van der Waals surface area contributed by atoms with Crippen molar-refractivity contribution in [1.29, 1.82) is 0 Å². The molecule has 1 aromatic heterocycles. The molecule has 9 nitrogen and oxygen atoms in total. The number of anilines is 1. The molecule has 0 saturated carbocycles. The fourth-order valence-corrected chi connectivity index (χ4v) is 2.79. The molecule has 9 heteroatoms. The molecule has 3 N–H and O–H groups in total. The average Bonchev–Trinajstić information content (AvgIpc) is 2.70. The Morgan fingerprint density at radius 1 is 0.900 bits per heavy atom. The van der Waals surface area contributed by atoms with E-state index in [-0.39, 0.29) is 31.2 Å². The predicted molar refractivity (Wildman–Crippen MR) is 111 cm³/mol. The summed E-state index contributed by atoms with van der Waals surface area (Å²) in [5.74, 6) is -0.699. The molecule has 0 spiro atoms. The van der Waals surface area contributed by atoms with Crippen molar-refractivity contribution in [3.8, 4) is 11.5 Å². The van der Waals surface area contributed by atoms with Crippen LogP contribution >= 0.6 is 0 Å². The summed E-state index contributed by atoms with van der Waals surface area (Å²) >= 11 is 0. The van der Waals surface area contributed by atoms with Crippen LogP contribution in [0.25, 0.3) is 0 Å². The highest BCUT2D eigenvalue weighted by molar-refractivity contribution is 5.91. The van der Waals surface area contributed by atoms with Gasteiger partial charge in [0.15, 0.2) is 11.6 Å². The summed E-state index contributed by atoms with van der Waals surface area (Å²) in [6, 6.07) is 1.60. The largest absolute Gasteiger partial charge is 0.495 e. The summed E-state index contributed by atoms with van der Waals surface area (Å²) in [5, 5.41) is 20.0. The molecule has 0 radical (unpaired) electrons. The predicted octanol–water partition coefficient (Wildman–Crippen LogP) is 3.87. The minimum Gasteiger partial charge on any atom is -0.495 e. The fourth-order valence-electron chi connectivity index (χ4n) is 2.79. The number of methoxy groups -OCH3 is 1. The molecule has 0 aliphatic carbocycles. The molecular weight excluding hydrogens is 392 g/mol. The molecule has 30 heavy (non-hydrogen) atoms. The van der Waals surface area contributed by atoms with E-state index in [2.05, 4.69) is 10.3 Å². The van der Waals surface area contributed by atoms with E-state index in [0.29, 0.717) is 30.8 Å². The summed E-state index contributed by atoms with van der Waals surface area (Å²) in [7, 11) is 1.50. The number of carbonyl (C=O) groups excluding carboxylic acids is 1. The highest BCUT2D eigenvalue weighted by Gasteiger charge is 2.12. The summed E-state index contributed by atoms with van der Waals surface area (Å²) < 4.78 is 10.7. The van der Waals surface area contributed by atoms with Gasteiger partial charge in [-0.2, -0.15) is 0 Å². The number of rotatable bonds is 17. The maximum absolute atomic E-state index is 12.2. The molecule has 0 bridgehead atoms. The van der Waals surface area contributed by atoms with E-state index in [1.54, 1.807) is 6.07 Å². The normalized spacial score (nSPS) is 10.4. The zero-order valence-electron chi connectivity index (χ0n) is 17.5. The quantitative estimate of drug-likeness (QED) is 0.321. The van der Waals surface area contributed by atoms with Crippen LogP contribution in [0.3, 0.4) is 0 Å². The van der Waals surface area contributed by atoms with Crippen molar-refractivity contribution in [2.45, 2.75) is 70.6 Å². The third-order valence-electron chi connectivity index (χ3n) is 4.41. The van der Waals surface area contributed by atoms with Gasteiger partial charge in [-0.15, -0.1) is 0 Å². The van der Waals surface area contributed by atoms with Crippen LogP contribution in [0.15, 0.2) is 12.3 Å². The second kappa shape index (κ2) is 15.1. The first-order valence-corrected chi connectivity index (χ1v) is 10.3. The van der Waals surface area contributed by atoms with Gasteiger partial charge < -0.3 is 25.0 Å². The first kappa shape index (κ1) is 25.2. The molecule has 0 aromatic carbocycles. The van der Waals surface area contributed by atoms with Gasteiger partial charge in [0.25, 0.3) is 0 Å². The van der Waals surface area contributed by atoms with Crippen LogP contribution in [-0.4, -0.2) is 46.8 Å². The number of unbranched alkanes of at least 4 members (excludes halogenated alkanes) is 6. The van der Waals surface area contributed by atoms with E-state index in [0.717, 1.165) is 38.5 Å². The third kappa shape index (κ3) is 11.9. The van der Waals surface area contributed by atoms with Gasteiger partial charge in [0.05, 0.1) is 19.9 Å². The Labute approximate surface area is 176 Å². The summed E-state index contributed by atoms with van der Waals surface area (Å²) in [6.07, 6.45) is 8.80. The topological polar surface area (TPSA) is 135 Å². The van der Waals surface area contributed by atoms with Gasteiger partial charge in [-0.3, -0.25) is 14.4 Å². The van der Waals surface area contributed by atoms with Gasteiger partial charge in [-0.1, -0.05) is 32.1 Å². The third-order valence-corrected chi connectivity index (χ3v) is 4.41. The van der Waals surface area contributed by atoms with Crippen molar-refractivity contribution in [3.05, 3.63) is 12.3 Å². The van der Waals surface area contributed by atoms with Gasteiger partial charge >= 0.3 is 11.9 Å². The monoisotopic (exact) mass is 424 g/mol. The lowest BCUT2D eigenvalue weighted by molar-refractivity contribution is -0.138. The van der Waals surface area contributed by atoms with Crippen LogP contribution in [0.5, 0.6) is 11.5 Å². The van der Waals surface area contributed by atoms with Gasteiger partial charge in [-0.25, -0.2) is 4.98 Å². The Bertz CT molecular complexity index is 679. The Morgan fingerprint density at radius 3 is 2.07 bits per heavy atom. The zero-order valence-corrected chi connectivity index (χ0v) is 17.5. The summed E-state index contributed by atoms with van der Waals surface area (Å²) in [5.41, 5.74) is 0. The lowest BCUT2D eigenvalue weighted by atomic mass is 10.1. The van der Waals surface area contributed by atoms with Crippen LogP contribution in [0.1, 0.15) is 70.6 Å². The smallest absolute Gasteiger partial charge is 0.303 e. The molecular formula is C21H32N2O7. The highest BCUT2D eigenvalue weighted by Crippen LogP contribution is 2.27. The maximum atomic E-state index is 12.2. The molecule has 0 saturated heterocycles. The molecule has 0 aliphatic rings. The van der Waals surface area contributed by atoms with Crippen LogP contribution in [0, 0.1) is 0 Å². The van der Waals surface area contributed by atoms with E-state index >= 15 is 0 Å². The van der Waals surface area contributed by atoms with Crippen molar-refractivity contribution in [3.63, 3.8) is 0 Å². The van der Waals surface area contributed by atoms with Gasteiger partial charge in [0.1, 0.15) is 5.75 Å². The lowest BCUT2D eigenvalue weighted by Crippen LogP contribution is -2.14. The standard InChI is InChI=1S/C21H32N2O7/c1-29-16-14-17(30-13-9-12-20(27)28)21(22-15-16)23-18(24)10-7-5-3-2-4-6-8-11-19(25)26/h14-15H,2-13H2,1H3,(H,25,26)(H,27,28)(H,22,23,24). The van der Waals surface area contributed by atoms with Crippen molar-refractivity contribution in [1.82, 2.24) is 4.98 Å². The van der Waals surface area contributed by atoms with Crippen molar-refractivity contribution in [2.75, 3.05) is 19.0 Å². The Morgan fingerprint density at radius 2 is 1.47 bits per heavy atom.